The quantitative estimate of drug-likeness (QED) is 0.465. The molecule has 8 heavy (non-hydrogen) atoms. The summed E-state index contributed by atoms with van der Waals surface area (Å²) in [5, 5.41) is 12.0. The van der Waals surface area contributed by atoms with E-state index in [-0.39, 0.29) is 6.61 Å². The Morgan fingerprint density at radius 2 is 2.50 bits per heavy atom. The average molecular weight is 120 g/mol. The minimum atomic E-state index is -1.08. The smallest absolute Gasteiger partial charge is 0.338 e. The number of carboxylic acid groups (broad SMARTS) is 1. The van der Waals surface area contributed by atoms with Crippen LogP contribution in [0.5, 0.6) is 0 Å². The Morgan fingerprint density at radius 1 is 1.75 bits per heavy atom. The molecule has 0 aromatic heterocycles. The van der Waals surface area contributed by atoms with Crippen LogP contribution in [-0.4, -0.2) is 23.8 Å². The first kappa shape index (κ1) is 5.49. The number of hydrogen-bond acceptors (Lipinski definition) is 4. The highest BCUT2D eigenvalue weighted by atomic mass is 17.5. The first-order valence-electron chi connectivity index (χ1n) is 1.98. The van der Waals surface area contributed by atoms with Crippen LogP contribution in [0, 0.1) is 0 Å². The summed E-state index contributed by atoms with van der Waals surface area (Å²) in [6, 6.07) is 0. The lowest BCUT2D eigenvalue weighted by atomic mass is 10.4. The summed E-state index contributed by atoms with van der Waals surface area (Å²) >= 11 is 0. The van der Waals surface area contributed by atoms with E-state index in [2.05, 4.69) is 14.8 Å². The van der Waals surface area contributed by atoms with Crippen LogP contribution in [0.1, 0.15) is 0 Å². The second-order valence-corrected chi connectivity index (χ2v) is 1.28. The lowest BCUT2D eigenvalue weighted by molar-refractivity contribution is -0.458. The molecule has 1 aliphatic heterocycles. The Bertz CT molecular complexity index is 93.8. The molecule has 1 saturated heterocycles. The van der Waals surface area contributed by atoms with Gasteiger partial charge in [0, 0.05) is 0 Å². The SMILES string of the molecule is O=C(O)C1COOO1. The first-order valence-corrected chi connectivity index (χ1v) is 1.98. The molecule has 1 N–H and O–H groups in total. The Labute approximate surface area is 44.6 Å². The third kappa shape index (κ3) is 0.945. The van der Waals surface area contributed by atoms with E-state index in [0.29, 0.717) is 0 Å². The molecule has 1 unspecified atom stereocenters. The molecular formula is C3H4O5. The molecule has 0 saturated carbocycles. The minimum Gasteiger partial charge on any atom is -0.479 e. The Kier molecular flexibility index (Phi) is 1.43. The lowest BCUT2D eigenvalue weighted by Gasteiger charge is -1.91. The van der Waals surface area contributed by atoms with Gasteiger partial charge in [0.2, 0.25) is 6.10 Å². The summed E-state index contributed by atoms with van der Waals surface area (Å²) in [7, 11) is 0. The predicted molar refractivity (Wildman–Crippen MR) is 19.5 cm³/mol. The number of rotatable bonds is 1. The standard InChI is InChI=1S/C3H4O5/c4-3(5)2-1-6-8-7-2/h2H,1H2,(H,4,5). The van der Waals surface area contributed by atoms with Gasteiger partial charge in [-0.3, -0.25) is 0 Å². The Balaban J connectivity index is 2.35. The van der Waals surface area contributed by atoms with Crippen LogP contribution in [0.25, 0.3) is 0 Å². The third-order valence-corrected chi connectivity index (χ3v) is 0.698. The average Bonchev–Trinajstić information content (AvgIpc) is 2.12. The van der Waals surface area contributed by atoms with Crippen molar-refractivity contribution in [2.24, 2.45) is 0 Å². The fraction of sp³-hybridized carbons (Fsp3) is 0.667. The van der Waals surface area contributed by atoms with Crippen molar-refractivity contribution in [1.82, 2.24) is 0 Å². The van der Waals surface area contributed by atoms with Gasteiger partial charge in [0.25, 0.3) is 0 Å². The van der Waals surface area contributed by atoms with Crippen LogP contribution >= 0.6 is 0 Å². The van der Waals surface area contributed by atoms with Gasteiger partial charge in [0.05, 0.1) is 0 Å². The van der Waals surface area contributed by atoms with E-state index in [4.69, 9.17) is 5.11 Å². The number of carboxylic acids is 1. The summed E-state index contributed by atoms with van der Waals surface area (Å²) in [6.45, 7) is -0.0463. The fourth-order valence-electron chi connectivity index (χ4n) is 0.305. The van der Waals surface area contributed by atoms with E-state index >= 15 is 0 Å². The summed E-state index contributed by atoms with van der Waals surface area (Å²) in [6.07, 6.45) is -0.963. The Morgan fingerprint density at radius 3 is 2.75 bits per heavy atom. The maximum atomic E-state index is 9.92. The zero-order valence-electron chi connectivity index (χ0n) is 3.86. The molecule has 0 bridgehead atoms. The molecule has 0 amide bonds. The molecule has 0 aromatic rings. The van der Waals surface area contributed by atoms with Crippen LogP contribution in [-0.2, 0) is 19.6 Å². The van der Waals surface area contributed by atoms with Gasteiger partial charge >= 0.3 is 5.97 Å². The molecular weight excluding hydrogens is 116 g/mol. The van der Waals surface area contributed by atoms with Crippen LogP contribution in [0.3, 0.4) is 0 Å². The van der Waals surface area contributed by atoms with Gasteiger partial charge in [0.1, 0.15) is 6.61 Å². The minimum absolute atomic E-state index is 0.0463. The monoisotopic (exact) mass is 120 g/mol. The molecule has 1 heterocycles. The van der Waals surface area contributed by atoms with Crippen LogP contribution < -0.4 is 0 Å². The summed E-state index contributed by atoms with van der Waals surface area (Å²) in [4.78, 5) is 18.1. The topological polar surface area (TPSA) is 65.0 Å². The lowest BCUT2D eigenvalue weighted by Crippen LogP contribution is -2.21. The maximum Gasteiger partial charge on any atom is 0.338 e. The fourth-order valence-corrected chi connectivity index (χ4v) is 0.305. The van der Waals surface area contributed by atoms with Crippen molar-refractivity contribution >= 4 is 5.97 Å². The summed E-state index contributed by atoms with van der Waals surface area (Å²) < 4.78 is 0. The normalized spacial score (nSPS) is 28.2. The zero-order valence-corrected chi connectivity index (χ0v) is 3.86. The van der Waals surface area contributed by atoms with Gasteiger partial charge in [-0.15, -0.1) is 0 Å². The van der Waals surface area contributed by atoms with Crippen LogP contribution in [0.4, 0.5) is 0 Å². The zero-order chi connectivity index (χ0) is 5.98. The highest BCUT2D eigenvalue weighted by Crippen LogP contribution is 2.03. The summed E-state index contributed by atoms with van der Waals surface area (Å²) in [5.74, 6) is -1.08. The van der Waals surface area contributed by atoms with Crippen LogP contribution in [0.2, 0.25) is 0 Å². The van der Waals surface area contributed by atoms with Crippen molar-refractivity contribution in [2.75, 3.05) is 6.61 Å². The van der Waals surface area contributed by atoms with E-state index in [1.165, 1.54) is 0 Å². The van der Waals surface area contributed by atoms with Crippen molar-refractivity contribution in [3.8, 4) is 0 Å². The van der Waals surface area contributed by atoms with Crippen molar-refractivity contribution < 1.29 is 24.7 Å². The maximum absolute atomic E-state index is 9.92. The second-order valence-electron chi connectivity index (χ2n) is 1.28. The van der Waals surface area contributed by atoms with E-state index in [1.807, 2.05) is 0 Å². The highest BCUT2D eigenvalue weighted by Gasteiger charge is 2.25. The molecule has 5 nitrogen and oxygen atoms in total. The molecule has 0 spiro atoms. The van der Waals surface area contributed by atoms with E-state index in [0.717, 1.165) is 0 Å². The van der Waals surface area contributed by atoms with Gasteiger partial charge in [-0.2, -0.15) is 4.89 Å². The largest absolute Gasteiger partial charge is 0.479 e. The molecule has 0 aliphatic carbocycles. The van der Waals surface area contributed by atoms with Crippen molar-refractivity contribution in [3.05, 3.63) is 0 Å². The molecule has 1 rings (SSSR count). The van der Waals surface area contributed by atoms with Gasteiger partial charge in [-0.1, -0.05) is 5.04 Å². The van der Waals surface area contributed by atoms with Crippen LogP contribution in [0.15, 0.2) is 0 Å². The molecule has 0 aromatic carbocycles. The first-order chi connectivity index (χ1) is 3.80. The Hall–Kier alpha value is -0.650. The molecule has 1 atom stereocenters. The van der Waals surface area contributed by atoms with E-state index in [1.54, 1.807) is 0 Å². The third-order valence-electron chi connectivity index (χ3n) is 0.698. The van der Waals surface area contributed by atoms with Gasteiger partial charge in [-0.05, 0) is 0 Å². The molecule has 46 valence electrons. The predicted octanol–water partition coefficient (Wildman–Crippen LogP) is -0.667. The molecule has 1 aliphatic rings. The van der Waals surface area contributed by atoms with Crippen molar-refractivity contribution in [2.45, 2.75) is 6.10 Å². The molecule has 5 heteroatoms. The van der Waals surface area contributed by atoms with Crippen molar-refractivity contribution in [3.63, 3.8) is 0 Å². The molecule has 0 radical (unpaired) electrons. The highest BCUT2D eigenvalue weighted by molar-refractivity contribution is 5.72. The number of aliphatic carboxylic acids is 1. The van der Waals surface area contributed by atoms with E-state index < -0.39 is 12.1 Å². The van der Waals surface area contributed by atoms with Gasteiger partial charge in [0.15, 0.2) is 0 Å². The van der Waals surface area contributed by atoms with E-state index in [9.17, 15) is 4.79 Å². The number of hydrogen-bond donors (Lipinski definition) is 1. The van der Waals surface area contributed by atoms with Gasteiger partial charge < -0.3 is 5.11 Å². The molecule has 1 fully saturated rings. The second kappa shape index (κ2) is 2.08. The van der Waals surface area contributed by atoms with Crippen molar-refractivity contribution in [1.29, 1.82) is 0 Å². The van der Waals surface area contributed by atoms with Gasteiger partial charge in [-0.25, -0.2) is 9.68 Å². The number of carbonyl (C=O) groups is 1. The summed E-state index contributed by atoms with van der Waals surface area (Å²) in [5.41, 5.74) is 0.